The minimum Gasteiger partial charge on any atom is -0.871 e. The maximum absolute atomic E-state index is 12.1. The van der Waals surface area contributed by atoms with Crippen LogP contribution in [-0.4, -0.2) is 33.0 Å². The molecule has 19 heteroatoms. The van der Waals surface area contributed by atoms with Crippen LogP contribution in [-0.2, 0) is 27.5 Å². The predicted octanol–water partition coefficient (Wildman–Crippen LogP) is 6.79. The minimum atomic E-state index is -5.27. The van der Waals surface area contributed by atoms with Crippen molar-refractivity contribution < 1.29 is 60.6 Å². The van der Waals surface area contributed by atoms with E-state index in [-0.39, 0.29) is 51.6 Å². The van der Waals surface area contributed by atoms with Crippen LogP contribution in [0.15, 0.2) is 128 Å². The van der Waals surface area contributed by atoms with E-state index in [9.17, 15) is 53.6 Å². The number of hydrogen-bond acceptors (Lipinski definition) is 15. The Labute approximate surface area is 297 Å². The second kappa shape index (κ2) is 15.4. The van der Waals surface area contributed by atoms with E-state index in [4.69, 9.17) is 0 Å². The fraction of sp³-hybridized carbons (Fsp3) is 0. The molecule has 0 aliphatic heterocycles. The Morgan fingerprint density at radius 1 is 0.588 bits per heavy atom. The van der Waals surface area contributed by atoms with E-state index in [1.165, 1.54) is 24.3 Å². The van der Waals surface area contributed by atoms with Crippen molar-refractivity contribution in [2.45, 2.75) is 4.90 Å². The van der Waals surface area contributed by atoms with Gasteiger partial charge in [0.05, 0.1) is 32.2 Å². The van der Waals surface area contributed by atoms with Crippen molar-refractivity contribution in [1.82, 2.24) is 0 Å². The number of nitro benzene ring substituents is 2. The van der Waals surface area contributed by atoms with Gasteiger partial charge in [0.25, 0.3) is 11.4 Å². The van der Waals surface area contributed by atoms with E-state index >= 15 is 0 Å². The first-order chi connectivity index (χ1) is 23.7. The molecule has 1 radical (unpaired) electrons. The van der Waals surface area contributed by atoms with Gasteiger partial charge in [-0.2, -0.15) is 10.2 Å². The Kier molecular flexibility index (Phi) is 11.2. The van der Waals surface area contributed by atoms with Gasteiger partial charge in [-0.3, -0.25) is 20.2 Å². The Hall–Kier alpha value is -6.52. The molecule has 0 aliphatic rings. The molecule has 0 heterocycles. The summed E-state index contributed by atoms with van der Waals surface area (Å²) in [5.74, 6) is -2.27. The van der Waals surface area contributed by atoms with Gasteiger partial charge in [-0.05, 0) is 22.9 Å². The zero-order valence-electron chi connectivity index (χ0n) is 25.4. The van der Waals surface area contributed by atoms with Crippen molar-refractivity contribution in [2.75, 3.05) is 0 Å². The van der Waals surface area contributed by atoms with Gasteiger partial charge in [-0.1, -0.05) is 78.2 Å². The van der Waals surface area contributed by atoms with Gasteiger partial charge in [0.1, 0.15) is 33.0 Å². The average molecular weight is 748 g/mol. The maximum Gasteiger partial charge on any atom is 3.00 e. The van der Waals surface area contributed by atoms with Crippen LogP contribution in [0.1, 0.15) is 0 Å². The summed E-state index contributed by atoms with van der Waals surface area (Å²) in [4.78, 5) is 18.7. The molecule has 0 spiro atoms. The number of rotatable bonds is 7. The molecule has 6 aromatic carbocycles. The molecular weight excluding hydrogens is 728 g/mol. The molecule has 0 amide bonds. The summed E-state index contributed by atoms with van der Waals surface area (Å²) in [6.45, 7) is 0. The number of azo groups is 2. The Balaban J connectivity index is 0.000000227. The Morgan fingerprint density at radius 2 is 1.14 bits per heavy atom. The van der Waals surface area contributed by atoms with Crippen LogP contribution in [0.2, 0.25) is 0 Å². The van der Waals surface area contributed by atoms with E-state index < -0.39 is 47.7 Å². The number of nitro groups is 2. The zero-order valence-corrected chi connectivity index (χ0v) is 27.5. The summed E-state index contributed by atoms with van der Waals surface area (Å²) < 4.78 is 33.6. The quantitative estimate of drug-likeness (QED) is 0.0742. The monoisotopic (exact) mass is 747 g/mol. The number of non-ortho nitro benzene ring substituents is 2. The van der Waals surface area contributed by atoms with Crippen LogP contribution in [0.5, 0.6) is 23.0 Å². The molecule has 6 aromatic rings. The molecule has 0 saturated carbocycles. The molecule has 255 valence electrons. The van der Waals surface area contributed by atoms with Crippen molar-refractivity contribution in [3.63, 3.8) is 0 Å². The Bertz CT molecular complexity index is 2500. The second-order valence-electron chi connectivity index (χ2n) is 10.1. The summed E-state index contributed by atoms with van der Waals surface area (Å²) in [6.07, 6.45) is 0. The molecular formula is C32H19CrN6O11S. The van der Waals surface area contributed by atoms with Gasteiger partial charge < -0.3 is 25.0 Å². The molecule has 0 fully saturated rings. The molecule has 0 bridgehead atoms. The molecule has 17 nitrogen and oxygen atoms in total. The van der Waals surface area contributed by atoms with Crippen LogP contribution < -0.4 is 10.2 Å². The van der Waals surface area contributed by atoms with Crippen LogP contribution in [0, 0.1) is 20.2 Å². The summed E-state index contributed by atoms with van der Waals surface area (Å²) in [7, 11) is -5.27. The molecule has 51 heavy (non-hydrogen) atoms. The zero-order chi connectivity index (χ0) is 36.2. The fourth-order valence-corrected chi connectivity index (χ4v) is 5.14. The molecule has 0 aromatic heterocycles. The van der Waals surface area contributed by atoms with Gasteiger partial charge >= 0.3 is 17.4 Å². The molecule has 0 saturated heterocycles. The van der Waals surface area contributed by atoms with Crippen molar-refractivity contribution >= 4 is 65.8 Å². The van der Waals surface area contributed by atoms with Gasteiger partial charge in [0.15, 0.2) is 0 Å². The van der Waals surface area contributed by atoms with E-state index in [2.05, 4.69) is 20.5 Å². The first-order valence-corrected chi connectivity index (χ1v) is 15.3. The van der Waals surface area contributed by atoms with Crippen LogP contribution in [0.4, 0.5) is 34.1 Å². The number of fused-ring (bicyclic) bond motifs is 2. The third kappa shape index (κ3) is 8.38. The smallest absolute Gasteiger partial charge is 0.871 e. The van der Waals surface area contributed by atoms with Crippen molar-refractivity contribution in [1.29, 1.82) is 0 Å². The molecule has 6 rings (SSSR count). The number of aromatic hydroxyl groups is 2. The number of phenols is 2. The van der Waals surface area contributed by atoms with Crippen LogP contribution in [0.3, 0.4) is 0 Å². The van der Waals surface area contributed by atoms with Crippen molar-refractivity contribution in [2.24, 2.45) is 20.5 Å². The third-order valence-electron chi connectivity index (χ3n) is 6.93. The van der Waals surface area contributed by atoms with Gasteiger partial charge in [0.2, 0.25) is 0 Å². The summed E-state index contributed by atoms with van der Waals surface area (Å²) in [5, 5.41) is 83.2. The summed E-state index contributed by atoms with van der Waals surface area (Å²) in [6, 6.07) is 24.6. The largest absolute Gasteiger partial charge is 3.00 e. The molecule has 0 aliphatic carbocycles. The normalized spacial score (nSPS) is 11.3. The molecule has 2 N–H and O–H groups in total. The number of phenolic OH excluding ortho intramolecular Hbond substituents is 2. The number of hydrogen-bond donors (Lipinski definition) is 2. The van der Waals surface area contributed by atoms with Gasteiger partial charge in [0, 0.05) is 29.0 Å². The van der Waals surface area contributed by atoms with Crippen molar-refractivity contribution in [3.05, 3.63) is 123 Å². The summed E-state index contributed by atoms with van der Waals surface area (Å²) in [5.41, 5.74) is -1.60. The summed E-state index contributed by atoms with van der Waals surface area (Å²) >= 11 is 0. The number of nitrogens with zero attached hydrogens (tertiary/aromatic N) is 6. The first kappa shape index (κ1) is 37.3. The fourth-order valence-electron chi connectivity index (χ4n) is 4.54. The van der Waals surface area contributed by atoms with E-state index in [1.807, 2.05) is 18.2 Å². The maximum atomic E-state index is 12.1. The minimum absolute atomic E-state index is 0. The van der Waals surface area contributed by atoms with E-state index in [1.54, 1.807) is 42.5 Å². The Morgan fingerprint density at radius 3 is 1.73 bits per heavy atom. The molecule has 0 atom stereocenters. The second-order valence-corrected chi connectivity index (χ2v) is 11.5. The SMILES string of the molecule is O=[N+]([O-])c1cc(N=Nc2c([O-])ccc3ccccc23)c([O-])c(S(=O)(=O)[O-])c1.O=[N+]([O-])c1ccc(N=Nc2c(O)ccc3ccccc23)c(O)c1.[Cr+3]. The first-order valence-electron chi connectivity index (χ1n) is 13.9. The van der Waals surface area contributed by atoms with E-state index in [0.29, 0.717) is 28.3 Å². The molecule has 0 unspecified atom stereocenters. The standard InChI is InChI=1S/C16H11N3O7S.C16H11N3O4.Cr/c20-13-6-5-9-3-1-2-4-11(9)15(13)18-17-12-7-10(19(22)23)8-14(16(12)21)27(24,25)26;20-14-8-5-10-3-1-2-4-12(10)16(14)18-17-13-7-6-11(19(22)23)9-15(13)21;/h1-8,20-21H,(H,24,25,26);1-9,20-21H;/q;;+3/p-3. The van der Waals surface area contributed by atoms with Crippen LogP contribution >= 0.6 is 0 Å². The average Bonchev–Trinajstić information content (AvgIpc) is 3.08. The predicted molar refractivity (Wildman–Crippen MR) is 173 cm³/mol. The third-order valence-corrected chi connectivity index (χ3v) is 7.77. The van der Waals surface area contributed by atoms with E-state index in [0.717, 1.165) is 11.5 Å². The van der Waals surface area contributed by atoms with Crippen LogP contribution in [0.25, 0.3) is 21.5 Å². The van der Waals surface area contributed by atoms with Gasteiger partial charge in [-0.25, -0.2) is 8.42 Å². The van der Waals surface area contributed by atoms with Gasteiger partial charge in [-0.15, -0.1) is 10.2 Å². The topological polar surface area (TPSA) is 280 Å². The number of benzene rings is 6. The van der Waals surface area contributed by atoms with Crippen molar-refractivity contribution in [3.8, 4) is 23.0 Å².